The molecular weight excluding hydrogens is 727 g/mol. The van der Waals surface area contributed by atoms with Crippen molar-refractivity contribution < 1.29 is 31.2 Å². The fourth-order valence-electron chi connectivity index (χ4n) is 5.65. The van der Waals surface area contributed by atoms with E-state index in [9.17, 15) is 31.2 Å². The lowest BCUT2D eigenvalue weighted by atomic mass is 10.1. The molecule has 3 aromatic carbocycles. The minimum Gasteiger partial charge on any atom is -0.356 e. The Morgan fingerprint density at radius 1 is 1.00 bits per heavy atom. The molecule has 2 heterocycles. The zero-order valence-corrected chi connectivity index (χ0v) is 30.7. The first-order chi connectivity index (χ1) is 24.8. The number of aryl methyl sites for hydroxylation is 2. The molecule has 0 aliphatic carbocycles. The Kier molecular flexibility index (Phi) is 12.5. The number of amides is 2. The first kappa shape index (κ1) is 38.3. The second kappa shape index (κ2) is 17.0. The van der Waals surface area contributed by atoms with Crippen LogP contribution < -0.4 is 25.0 Å². The average Bonchev–Trinajstić information content (AvgIpc) is 3.62. The molecule has 5 N–H and O–H groups in total. The molecule has 1 aliphatic rings. The van der Waals surface area contributed by atoms with Gasteiger partial charge < -0.3 is 15.5 Å². The van der Waals surface area contributed by atoms with Crippen LogP contribution >= 0.6 is 11.3 Å². The van der Waals surface area contributed by atoms with Gasteiger partial charge in [-0.15, -0.1) is 11.3 Å². The Morgan fingerprint density at radius 3 is 2.42 bits per heavy atom. The third-order valence-electron chi connectivity index (χ3n) is 8.21. The van der Waals surface area contributed by atoms with Crippen LogP contribution in [0.5, 0.6) is 0 Å². The summed E-state index contributed by atoms with van der Waals surface area (Å²) in [7, 11) is -7.92. The van der Waals surface area contributed by atoms with Gasteiger partial charge in [-0.25, -0.2) is 31.3 Å². The maximum absolute atomic E-state index is 13.9. The van der Waals surface area contributed by atoms with Crippen LogP contribution in [0.4, 0.5) is 5.69 Å². The SMILES string of the molecule is Cc1ccc(S(=O)(=O)NC(=N)NCCC[C@H](NC(=O)CN2C(=O)C(NS(=O)(=O)Cc3ccccc3)CCc3ccccc32)C(=O)c2nccs2)cc1. The first-order valence-corrected chi connectivity index (χ1v) is 20.4. The van der Waals surface area contributed by atoms with Gasteiger partial charge in [-0.05, 0) is 61.9 Å². The summed E-state index contributed by atoms with van der Waals surface area (Å²) < 4.78 is 56.2. The van der Waals surface area contributed by atoms with E-state index in [0.29, 0.717) is 17.7 Å². The van der Waals surface area contributed by atoms with E-state index in [2.05, 4.69) is 25.1 Å². The highest BCUT2D eigenvalue weighted by atomic mass is 32.2. The predicted molar refractivity (Wildman–Crippen MR) is 198 cm³/mol. The summed E-state index contributed by atoms with van der Waals surface area (Å²) >= 11 is 1.10. The number of carbonyl (C=O) groups excluding carboxylic acids is 3. The van der Waals surface area contributed by atoms with Crippen LogP contribution in [-0.2, 0) is 41.8 Å². The van der Waals surface area contributed by atoms with E-state index in [-0.39, 0.29) is 41.5 Å². The van der Waals surface area contributed by atoms with Gasteiger partial charge in [0.1, 0.15) is 12.6 Å². The highest BCUT2D eigenvalue weighted by Gasteiger charge is 2.35. The fraction of sp³-hybridized carbons (Fsp3) is 0.286. The monoisotopic (exact) mass is 765 g/mol. The number of nitrogens with one attached hydrogen (secondary N) is 5. The number of thiazole rings is 1. The van der Waals surface area contributed by atoms with Crippen molar-refractivity contribution in [3.05, 3.63) is 112 Å². The number of carbonyl (C=O) groups is 3. The number of para-hydroxylation sites is 1. The van der Waals surface area contributed by atoms with Crippen molar-refractivity contribution in [2.75, 3.05) is 18.0 Å². The molecule has 5 rings (SSSR count). The Balaban J connectivity index is 1.24. The molecule has 0 radical (unpaired) electrons. The van der Waals surface area contributed by atoms with E-state index in [1.165, 1.54) is 23.2 Å². The molecule has 14 nitrogen and oxygen atoms in total. The van der Waals surface area contributed by atoms with Gasteiger partial charge >= 0.3 is 0 Å². The lowest BCUT2D eigenvalue weighted by molar-refractivity contribution is -0.124. The number of anilines is 1. The Bertz CT molecular complexity index is 2110. The van der Waals surface area contributed by atoms with Crippen LogP contribution in [0.1, 0.15) is 45.8 Å². The van der Waals surface area contributed by atoms with Crippen molar-refractivity contribution in [1.82, 2.24) is 25.1 Å². The normalized spacial score (nSPS) is 15.2. The van der Waals surface area contributed by atoms with Crippen LogP contribution in [0.15, 0.2) is 95.3 Å². The Labute approximate surface area is 306 Å². The number of ketones is 1. The summed E-state index contributed by atoms with van der Waals surface area (Å²) in [6.07, 6.45) is 2.36. The van der Waals surface area contributed by atoms with Crippen LogP contribution in [0, 0.1) is 12.3 Å². The van der Waals surface area contributed by atoms with Gasteiger partial charge in [-0.2, -0.15) is 0 Å². The van der Waals surface area contributed by atoms with Crippen molar-refractivity contribution in [3.8, 4) is 0 Å². The number of aromatic nitrogens is 1. The van der Waals surface area contributed by atoms with Gasteiger partial charge in [0.25, 0.3) is 10.0 Å². The summed E-state index contributed by atoms with van der Waals surface area (Å²) in [5.74, 6) is -2.49. The number of hydrogen-bond acceptors (Lipinski definition) is 10. The van der Waals surface area contributed by atoms with Crippen LogP contribution in [0.2, 0.25) is 0 Å². The van der Waals surface area contributed by atoms with E-state index in [1.54, 1.807) is 66.0 Å². The van der Waals surface area contributed by atoms with Crippen molar-refractivity contribution in [2.24, 2.45) is 0 Å². The predicted octanol–water partition coefficient (Wildman–Crippen LogP) is 2.87. The molecule has 0 bridgehead atoms. The molecule has 0 spiro atoms. The molecule has 4 aromatic rings. The second-order valence-corrected chi connectivity index (χ2v) is 16.5. The van der Waals surface area contributed by atoms with E-state index in [0.717, 1.165) is 22.5 Å². The summed E-state index contributed by atoms with van der Waals surface area (Å²) in [6.45, 7) is 1.43. The number of rotatable bonds is 15. The number of nitrogens with zero attached hydrogens (tertiary/aromatic N) is 2. The standard InChI is InChI=1S/C35H39N7O7S3/c1-24-13-16-27(17-14-24)52(48,49)41-35(36)38-19-7-11-28(32(44)33-37-20-21-50-33)39-31(43)22-42-30-12-6-5-10-26(30)15-18-29(34(42)45)40-51(46,47)23-25-8-3-2-4-9-25/h2-6,8-10,12-14,16-17,20-21,28-29,40H,7,11,15,18-19,22-23H2,1H3,(H,39,43)(H3,36,38,41)/t28-,29?/m0/s1. The molecule has 2 amide bonds. The van der Waals surface area contributed by atoms with E-state index in [1.807, 2.05) is 13.0 Å². The van der Waals surface area contributed by atoms with Gasteiger partial charge in [0.15, 0.2) is 5.01 Å². The Morgan fingerprint density at radius 2 is 1.71 bits per heavy atom. The van der Waals surface area contributed by atoms with Gasteiger partial charge in [0.2, 0.25) is 33.6 Å². The number of benzene rings is 3. The zero-order chi connectivity index (χ0) is 37.3. The minimum absolute atomic E-state index is 0.00268. The minimum atomic E-state index is -3.98. The molecule has 274 valence electrons. The maximum Gasteiger partial charge on any atom is 0.264 e. The molecule has 2 atom stereocenters. The van der Waals surface area contributed by atoms with Crippen LogP contribution in [0.3, 0.4) is 0 Å². The van der Waals surface area contributed by atoms with Crippen molar-refractivity contribution in [3.63, 3.8) is 0 Å². The quantitative estimate of drug-likeness (QED) is 0.0521. The molecule has 17 heteroatoms. The number of fused-ring (bicyclic) bond motifs is 1. The number of sulfonamides is 2. The average molecular weight is 766 g/mol. The van der Waals surface area contributed by atoms with Crippen LogP contribution in [-0.4, -0.2) is 70.5 Å². The molecule has 0 saturated heterocycles. The summed E-state index contributed by atoms with van der Waals surface area (Å²) in [5, 5.41) is 15.3. The molecule has 1 aliphatic heterocycles. The number of Topliss-reactive ketones (excluding diaryl/α,β-unsaturated/α-hetero) is 1. The van der Waals surface area contributed by atoms with Crippen molar-refractivity contribution >= 4 is 60.6 Å². The fourth-order valence-corrected chi connectivity index (χ4v) is 8.60. The van der Waals surface area contributed by atoms with Gasteiger partial charge in [0, 0.05) is 23.8 Å². The lowest BCUT2D eigenvalue weighted by Gasteiger charge is -2.27. The highest BCUT2D eigenvalue weighted by molar-refractivity contribution is 7.90. The Hall–Kier alpha value is -4.97. The van der Waals surface area contributed by atoms with E-state index in [4.69, 9.17) is 5.41 Å². The van der Waals surface area contributed by atoms with Gasteiger partial charge in [0.05, 0.1) is 16.7 Å². The largest absolute Gasteiger partial charge is 0.356 e. The topological polar surface area (TPSA) is 208 Å². The molecular formula is C35H39N7O7S3. The van der Waals surface area contributed by atoms with Crippen molar-refractivity contribution in [1.29, 1.82) is 5.41 Å². The number of guanidine groups is 1. The molecule has 52 heavy (non-hydrogen) atoms. The highest BCUT2D eigenvalue weighted by Crippen LogP contribution is 2.27. The maximum atomic E-state index is 13.9. The molecule has 1 unspecified atom stereocenters. The molecule has 1 aromatic heterocycles. The van der Waals surface area contributed by atoms with E-state index >= 15 is 0 Å². The van der Waals surface area contributed by atoms with Crippen LogP contribution in [0.25, 0.3) is 0 Å². The van der Waals surface area contributed by atoms with Crippen molar-refractivity contribution in [2.45, 2.75) is 55.3 Å². The summed E-state index contributed by atoms with van der Waals surface area (Å²) in [5.41, 5.74) is 2.67. The lowest BCUT2D eigenvalue weighted by Crippen LogP contribution is -2.52. The molecule has 0 saturated carbocycles. The second-order valence-electron chi connectivity index (χ2n) is 12.2. The first-order valence-electron chi connectivity index (χ1n) is 16.4. The summed E-state index contributed by atoms with van der Waals surface area (Å²) in [4.78, 5) is 46.3. The summed E-state index contributed by atoms with van der Waals surface area (Å²) in [6, 6.07) is 19.6. The van der Waals surface area contributed by atoms with Gasteiger partial charge in [-0.3, -0.25) is 19.8 Å². The van der Waals surface area contributed by atoms with Gasteiger partial charge in [-0.1, -0.05) is 66.2 Å². The zero-order valence-electron chi connectivity index (χ0n) is 28.2. The third kappa shape index (κ3) is 10.3. The smallest absolute Gasteiger partial charge is 0.264 e. The third-order valence-corrected chi connectivity index (χ3v) is 11.7. The molecule has 0 fully saturated rings. The van der Waals surface area contributed by atoms with E-state index < -0.39 is 62.2 Å². The number of hydrogen-bond donors (Lipinski definition) is 5.